The molecule has 0 aliphatic carbocycles. The summed E-state index contributed by atoms with van der Waals surface area (Å²) < 4.78 is 1.99. The van der Waals surface area contributed by atoms with Crippen molar-refractivity contribution in [1.29, 1.82) is 0 Å². The summed E-state index contributed by atoms with van der Waals surface area (Å²) in [6.45, 7) is 5.72. The van der Waals surface area contributed by atoms with Crippen molar-refractivity contribution < 1.29 is 0 Å². The topological polar surface area (TPSA) is 21.1 Å². The lowest BCUT2D eigenvalue weighted by atomic mass is 10.2. The SMILES string of the molecule is Cc1cnn(C)c1CN1CCCC1. The largest absolute Gasteiger partial charge is 0.298 e. The Hall–Kier alpha value is -0.830. The maximum atomic E-state index is 4.25. The van der Waals surface area contributed by atoms with Crippen LogP contribution in [0.4, 0.5) is 0 Å². The molecule has 0 aromatic carbocycles. The van der Waals surface area contributed by atoms with Crippen LogP contribution in [0.2, 0.25) is 0 Å². The van der Waals surface area contributed by atoms with E-state index in [0.29, 0.717) is 0 Å². The maximum Gasteiger partial charge on any atom is 0.0550 e. The van der Waals surface area contributed by atoms with Crippen LogP contribution >= 0.6 is 0 Å². The molecule has 1 saturated heterocycles. The van der Waals surface area contributed by atoms with Crippen molar-refractivity contribution in [2.45, 2.75) is 26.3 Å². The number of likely N-dealkylation sites (tertiary alicyclic amines) is 1. The Balaban J connectivity index is 2.07. The van der Waals surface area contributed by atoms with Gasteiger partial charge in [0.25, 0.3) is 0 Å². The molecule has 1 aromatic heterocycles. The molecule has 0 atom stereocenters. The fraction of sp³-hybridized carbons (Fsp3) is 0.700. The van der Waals surface area contributed by atoms with Gasteiger partial charge in [0, 0.05) is 13.6 Å². The average Bonchev–Trinajstić information content (AvgIpc) is 2.70. The minimum atomic E-state index is 1.07. The molecule has 3 nitrogen and oxygen atoms in total. The maximum absolute atomic E-state index is 4.25. The summed E-state index contributed by atoms with van der Waals surface area (Å²) in [5, 5.41) is 4.25. The molecule has 0 unspecified atom stereocenters. The third kappa shape index (κ3) is 1.75. The number of hydrogen-bond acceptors (Lipinski definition) is 2. The predicted octanol–water partition coefficient (Wildman–Crippen LogP) is 1.32. The van der Waals surface area contributed by atoms with Gasteiger partial charge >= 0.3 is 0 Å². The summed E-state index contributed by atoms with van der Waals surface area (Å²) in [5.74, 6) is 0. The summed E-state index contributed by atoms with van der Waals surface area (Å²) in [6.07, 6.45) is 4.67. The highest BCUT2D eigenvalue weighted by Gasteiger charge is 2.14. The second kappa shape index (κ2) is 3.50. The van der Waals surface area contributed by atoms with Crippen LogP contribution < -0.4 is 0 Å². The molecule has 1 aliphatic heterocycles. The molecule has 0 saturated carbocycles. The van der Waals surface area contributed by atoms with E-state index in [1.54, 1.807) is 0 Å². The van der Waals surface area contributed by atoms with Gasteiger partial charge in [-0.2, -0.15) is 5.10 Å². The Kier molecular flexibility index (Phi) is 2.36. The summed E-state index contributed by atoms with van der Waals surface area (Å²) in [4.78, 5) is 2.50. The first-order valence-corrected chi connectivity index (χ1v) is 4.97. The van der Waals surface area contributed by atoms with E-state index in [2.05, 4.69) is 16.9 Å². The van der Waals surface area contributed by atoms with Gasteiger partial charge in [-0.3, -0.25) is 9.58 Å². The van der Waals surface area contributed by atoms with Gasteiger partial charge in [0.2, 0.25) is 0 Å². The molecule has 1 aromatic rings. The van der Waals surface area contributed by atoms with Gasteiger partial charge in [-0.1, -0.05) is 0 Å². The molecule has 2 rings (SSSR count). The fourth-order valence-electron chi connectivity index (χ4n) is 1.95. The first-order chi connectivity index (χ1) is 6.27. The van der Waals surface area contributed by atoms with Crippen molar-refractivity contribution in [3.05, 3.63) is 17.5 Å². The summed E-state index contributed by atoms with van der Waals surface area (Å²) in [7, 11) is 2.03. The lowest BCUT2D eigenvalue weighted by Gasteiger charge is -2.15. The summed E-state index contributed by atoms with van der Waals surface area (Å²) in [6, 6.07) is 0. The molecule has 1 aliphatic rings. The standard InChI is InChI=1S/C10H17N3/c1-9-7-11-12(2)10(9)8-13-5-3-4-6-13/h7H,3-6,8H2,1-2H3. The first-order valence-electron chi connectivity index (χ1n) is 4.97. The molecule has 1 fully saturated rings. The van der Waals surface area contributed by atoms with E-state index in [1.165, 1.54) is 37.2 Å². The Morgan fingerprint density at radius 1 is 1.38 bits per heavy atom. The van der Waals surface area contributed by atoms with Crippen LogP contribution in [0.1, 0.15) is 24.1 Å². The molecule has 0 radical (unpaired) electrons. The lowest BCUT2D eigenvalue weighted by molar-refractivity contribution is 0.320. The summed E-state index contributed by atoms with van der Waals surface area (Å²) in [5.41, 5.74) is 2.68. The van der Waals surface area contributed by atoms with Crippen molar-refractivity contribution in [3.8, 4) is 0 Å². The van der Waals surface area contributed by atoms with E-state index < -0.39 is 0 Å². The third-order valence-electron chi connectivity index (χ3n) is 2.84. The number of rotatable bonds is 2. The molecule has 0 N–H and O–H groups in total. The van der Waals surface area contributed by atoms with Gasteiger partial charge in [-0.25, -0.2) is 0 Å². The van der Waals surface area contributed by atoms with E-state index in [4.69, 9.17) is 0 Å². The molecule has 3 heteroatoms. The van der Waals surface area contributed by atoms with Gasteiger partial charge in [-0.15, -0.1) is 0 Å². The predicted molar refractivity (Wildman–Crippen MR) is 52.5 cm³/mol. The number of nitrogens with zero attached hydrogens (tertiary/aromatic N) is 3. The Labute approximate surface area is 79.3 Å². The highest BCUT2D eigenvalue weighted by Crippen LogP contribution is 2.14. The van der Waals surface area contributed by atoms with Crippen LogP contribution in [0.15, 0.2) is 6.20 Å². The molecule has 0 spiro atoms. The minimum Gasteiger partial charge on any atom is -0.298 e. The van der Waals surface area contributed by atoms with Crippen molar-refractivity contribution in [2.24, 2.45) is 7.05 Å². The van der Waals surface area contributed by atoms with Gasteiger partial charge < -0.3 is 0 Å². The zero-order valence-electron chi connectivity index (χ0n) is 8.45. The fourth-order valence-corrected chi connectivity index (χ4v) is 1.95. The molecule has 0 amide bonds. The van der Waals surface area contributed by atoms with E-state index in [0.717, 1.165) is 6.54 Å². The van der Waals surface area contributed by atoms with Crippen LogP contribution in [-0.4, -0.2) is 27.8 Å². The van der Waals surface area contributed by atoms with Crippen molar-refractivity contribution in [1.82, 2.24) is 14.7 Å². The lowest BCUT2D eigenvalue weighted by Crippen LogP contribution is -2.20. The number of hydrogen-bond donors (Lipinski definition) is 0. The third-order valence-corrected chi connectivity index (χ3v) is 2.84. The van der Waals surface area contributed by atoms with E-state index in [1.807, 2.05) is 17.9 Å². The smallest absolute Gasteiger partial charge is 0.0550 e. The molecular weight excluding hydrogens is 162 g/mol. The van der Waals surface area contributed by atoms with E-state index in [9.17, 15) is 0 Å². The van der Waals surface area contributed by atoms with Crippen molar-refractivity contribution in [2.75, 3.05) is 13.1 Å². The Bertz CT molecular complexity index is 265. The monoisotopic (exact) mass is 179 g/mol. The van der Waals surface area contributed by atoms with Crippen LogP contribution in [-0.2, 0) is 13.6 Å². The minimum absolute atomic E-state index is 1.07. The van der Waals surface area contributed by atoms with E-state index >= 15 is 0 Å². The van der Waals surface area contributed by atoms with Gasteiger partial charge in [0.05, 0.1) is 11.9 Å². The number of aromatic nitrogens is 2. The van der Waals surface area contributed by atoms with Crippen LogP contribution in [0, 0.1) is 6.92 Å². The Morgan fingerprint density at radius 3 is 2.62 bits per heavy atom. The molecule has 13 heavy (non-hydrogen) atoms. The molecule has 2 heterocycles. The second-order valence-corrected chi connectivity index (χ2v) is 3.88. The highest BCUT2D eigenvalue weighted by atomic mass is 15.3. The highest BCUT2D eigenvalue weighted by molar-refractivity contribution is 5.15. The molecule has 0 bridgehead atoms. The van der Waals surface area contributed by atoms with Crippen molar-refractivity contribution in [3.63, 3.8) is 0 Å². The van der Waals surface area contributed by atoms with Gasteiger partial charge in [0.15, 0.2) is 0 Å². The zero-order valence-corrected chi connectivity index (χ0v) is 8.45. The van der Waals surface area contributed by atoms with Crippen LogP contribution in [0.5, 0.6) is 0 Å². The van der Waals surface area contributed by atoms with Gasteiger partial charge in [-0.05, 0) is 38.4 Å². The van der Waals surface area contributed by atoms with Crippen molar-refractivity contribution >= 4 is 0 Å². The van der Waals surface area contributed by atoms with Crippen LogP contribution in [0.3, 0.4) is 0 Å². The quantitative estimate of drug-likeness (QED) is 0.683. The number of aryl methyl sites for hydroxylation is 2. The van der Waals surface area contributed by atoms with Crippen LogP contribution in [0.25, 0.3) is 0 Å². The second-order valence-electron chi connectivity index (χ2n) is 3.88. The first kappa shape index (κ1) is 8.75. The Morgan fingerprint density at radius 2 is 2.08 bits per heavy atom. The molecular formula is C10H17N3. The normalized spacial score (nSPS) is 18.3. The molecule has 72 valence electrons. The van der Waals surface area contributed by atoms with Gasteiger partial charge in [0.1, 0.15) is 0 Å². The van der Waals surface area contributed by atoms with E-state index in [-0.39, 0.29) is 0 Å². The average molecular weight is 179 g/mol. The zero-order chi connectivity index (χ0) is 9.26. The summed E-state index contributed by atoms with van der Waals surface area (Å²) >= 11 is 0.